The van der Waals surface area contributed by atoms with Gasteiger partial charge in [-0.25, -0.2) is 0 Å². The molecule has 0 saturated carbocycles. The predicted octanol–water partition coefficient (Wildman–Crippen LogP) is 3.07. The number of nitrogens with one attached hydrogen (secondary N) is 1. The Labute approximate surface area is 147 Å². The lowest BCUT2D eigenvalue weighted by Crippen LogP contribution is -2.36. The number of hydrogen-bond donors (Lipinski definition) is 1. The van der Waals surface area contributed by atoms with Crippen LogP contribution in [0.2, 0.25) is 0 Å². The van der Waals surface area contributed by atoms with Crippen LogP contribution in [0.4, 0.5) is 0 Å². The smallest absolute Gasteiger partial charge is 0.162 e. The van der Waals surface area contributed by atoms with E-state index in [1.165, 1.54) is 31.5 Å². The molecule has 0 atom stereocenters. The number of fused-ring (bicyclic) bond motifs is 1. The summed E-state index contributed by atoms with van der Waals surface area (Å²) < 4.78 is 12.4. The minimum absolute atomic E-state index is 0. The maximum atomic E-state index is 5.68. The standard InChI is InChI=1S/C16H23BrN2O2.ClH/c1-18-10-12-2-4-19(5-3-12)11-13-8-15-16(9-14(13)17)21-7-6-20-15;/h8-9,12,18H,2-7,10-11H2,1H3;1H. The zero-order valence-electron chi connectivity index (χ0n) is 12.9. The average Bonchev–Trinajstić information content (AvgIpc) is 2.50. The molecule has 4 nitrogen and oxygen atoms in total. The van der Waals surface area contributed by atoms with Crippen molar-refractivity contribution in [1.29, 1.82) is 0 Å². The number of benzene rings is 1. The van der Waals surface area contributed by atoms with Crippen molar-refractivity contribution in [3.8, 4) is 11.5 Å². The highest BCUT2D eigenvalue weighted by Gasteiger charge is 2.21. The summed E-state index contributed by atoms with van der Waals surface area (Å²) in [6.45, 7) is 5.74. The van der Waals surface area contributed by atoms with Crippen LogP contribution < -0.4 is 14.8 Å². The van der Waals surface area contributed by atoms with Crippen molar-refractivity contribution < 1.29 is 9.47 Å². The van der Waals surface area contributed by atoms with Gasteiger partial charge < -0.3 is 14.8 Å². The summed E-state index contributed by atoms with van der Waals surface area (Å²) in [6.07, 6.45) is 2.56. The lowest BCUT2D eigenvalue weighted by molar-refractivity contribution is 0.167. The Kier molecular flexibility index (Phi) is 6.81. The van der Waals surface area contributed by atoms with E-state index >= 15 is 0 Å². The number of rotatable bonds is 4. The molecule has 0 radical (unpaired) electrons. The molecule has 0 unspecified atom stereocenters. The van der Waals surface area contributed by atoms with Crippen LogP contribution in [0.15, 0.2) is 16.6 Å². The lowest BCUT2D eigenvalue weighted by Gasteiger charge is -2.32. The molecule has 2 aliphatic heterocycles. The number of likely N-dealkylation sites (tertiary alicyclic amines) is 1. The van der Waals surface area contributed by atoms with Crippen LogP contribution in [-0.2, 0) is 6.54 Å². The Hall–Kier alpha value is -0.490. The lowest BCUT2D eigenvalue weighted by atomic mass is 9.96. The van der Waals surface area contributed by atoms with Gasteiger partial charge >= 0.3 is 0 Å². The van der Waals surface area contributed by atoms with Crippen molar-refractivity contribution in [2.75, 3.05) is 39.9 Å². The van der Waals surface area contributed by atoms with Gasteiger partial charge in [0.25, 0.3) is 0 Å². The van der Waals surface area contributed by atoms with E-state index < -0.39 is 0 Å². The van der Waals surface area contributed by atoms with Crippen LogP contribution in [0, 0.1) is 5.92 Å². The SMILES string of the molecule is CNCC1CCN(Cc2cc3c(cc2Br)OCCO3)CC1.Cl. The molecule has 124 valence electrons. The number of ether oxygens (including phenoxy) is 2. The molecule has 1 saturated heterocycles. The van der Waals surface area contributed by atoms with Gasteiger partial charge in [0.1, 0.15) is 13.2 Å². The molecule has 0 amide bonds. The normalized spacial score (nSPS) is 18.8. The van der Waals surface area contributed by atoms with E-state index in [2.05, 4.69) is 32.2 Å². The predicted molar refractivity (Wildman–Crippen MR) is 94.3 cm³/mol. The molecule has 1 aromatic rings. The van der Waals surface area contributed by atoms with Crippen LogP contribution in [0.5, 0.6) is 11.5 Å². The molecule has 0 aromatic heterocycles. The number of hydrogen-bond acceptors (Lipinski definition) is 4. The number of piperidine rings is 1. The summed E-state index contributed by atoms with van der Waals surface area (Å²) in [5.41, 5.74) is 1.28. The quantitative estimate of drug-likeness (QED) is 0.855. The fourth-order valence-electron chi connectivity index (χ4n) is 3.11. The summed E-state index contributed by atoms with van der Waals surface area (Å²) in [5, 5.41) is 3.29. The molecule has 22 heavy (non-hydrogen) atoms. The van der Waals surface area contributed by atoms with Crippen LogP contribution in [-0.4, -0.2) is 44.8 Å². The van der Waals surface area contributed by atoms with E-state index in [4.69, 9.17) is 9.47 Å². The second kappa shape index (κ2) is 8.39. The van der Waals surface area contributed by atoms with Gasteiger partial charge in [-0.2, -0.15) is 0 Å². The van der Waals surface area contributed by atoms with E-state index in [0.29, 0.717) is 13.2 Å². The van der Waals surface area contributed by atoms with Crippen molar-refractivity contribution in [3.05, 3.63) is 22.2 Å². The van der Waals surface area contributed by atoms with Crippen LogP contribution in [0.1, 0.15) is 18.4 Å². The van der Waals surface area contributed by atoms with E-state index in [-0.39, 0.29) is 12.4 Å². The maximum absolute atomic E-state index is 5.68. The Bertz CT molecular complexity index is 493. The Morgan fingerprint density at radius 3 is 2.45 bits per heavy atom. The first-order valence-electron chi connectivity index (χ1n) is 7.71. The van der Waals surface area contributed by atoms with Gasteiger partial charge in [0, 0.05) is 11.0 Å². The summed E-state index contributed by atoms with van der Waals surface area (Å²) in [5.74, 6) is 2.56. The average molecular weight is 392 g/mol. The highest BCUT2D eigenvalue weighted by Crippen LogP contribution is 2.36. The molecule has 6 heteroatoms. The Morgan fingerprint density at radius 1 is 1.18 bits per heavy atom. The number of nitrogens with zero attached hydrogens (tertiary/aromatic N) is 1. The topological polar surface area (TPSA) is 33.7 Å². The third-order valence-corrected chi connectivity index (χ3v) is 5.04. The summed E-state index contributed by atoms with van der Waals surface area (Å²) in [4.78, 5) is 2.53. The van der Waals surface area contributed by atoms with Gasteiger partial charge in [-0.05, 0) is 63.1 Å². The molecule has 0 spiro atoms. The first-order valence-corrected chi connectivity index (χ1v) is 8.50. The molecule has 1 fully saturated rings. The minimum atomic E-state index is 0. The number of halogens is 2. The van der Waals surface area contributed by atoms with Crippen LogP contribution in [0.25, 0.3) is 0 Å². The fraction of sp³-hybridized carbons (Fsp3) is 0.625. The van der Waals surface area contributed by atoms with Crippen molar-refractivity contribution in [2.45, 2.75) is 19.4 Å². The van der Waals surface area contributed by atoms with Crippen LogP contribution >= 0.6 is 28.3 Å². The molecular weight excluding hydrogens is 368 g/mol. The van der Waals surface area contributed by atoms with Crippen molar-refractivity contribution in [3.63, 3.8) is 0 Å². The zero-order chi connectivity index (χ0) is 14.7. The highest BCUT2D eigenvalue weighted by atomic mass is 79.9. The molecule has 3 rings (SSSR count). The molecule has 0 aliphatic carbocycles. The van der Waals surface area contributed by atoms with Gasteiger partial charge in [0.05, 0.1) is 0 Å². The Balaban J connectivity index is 0.00000176. The summed E-state index contributed by atoms with van der Waals surface area (Å²) in [6, 6.07) is 4.16. The van der Waals surface area contributed by atoms with Crippen molar-refractivity contribution >= 4 is 28.3 Å². The van der Waals surface area contributed by atoms with Crippen LogP contribution in [0.3, 0.4) is 0 Å². The molecule has 2 aliphatic rings. The van der Waals surface area contributed by atoms with Crippen molar-refractivity contribution in [1.82, 2.24) is 10.2 Å². The summed E-state index contributed by atoms with van der Waals surface area (Å²) in [7, 11) is 2.04. The molecular formula is C16H24BrClN2O2. The van der Waals surface area contributed by atoms with Gasteiger partial charge in [0.15, 0.2) is 11.5 Å². The Morgan fingerprint density at radius 2 is 1.82 bits per heavy atom. The van der Waals surface area contributed by atoms with Crippen molar-refractivity contribution in [2.24, 2.45) is 5.92 Å². The second-order valence-electron chi connectivity index (χ2n) is 5.86. The largest absolute Gasteiger partial charge is 0.486 e. The molecule has 0 bridgehead atoms. The van der Waals surface area contributed by atoms with E-state index in [1.807, 2.05) is 13.1 Å². The maximum Gasteiger partial charge on any atom is 0.162 e. The molecule has 1 aromatic carbocycles. The second-order valence-corrected chi connectivity index (χ2v) is 6.72. The van der Waals surface area contributed by atoms with E-state index in [0.717, 1.165) is 35.0 Å². The third kappa shape index (κ3) is 4.28. The first kappa shape index (κ1) is 17.9. The highest BCUT2D eigenvalue weighted by molar-refractivity contribution is 9.10. The summed E-state index contributed by atoms with van der Waals surface area (Å²) >= 11 is 3.67. The van der Waals surface area contributed by atoms with E-state index in [1.54, 1.807) is 0 Å². The molecule has 2 heterocycles. The van der Waals surface area contributed by atoms with Gasteiger partial charge in [-0.3, -0.25) is 4.90 Å². The van der Waals surface area contributed by atoms with Gasteiger partial charge in [0.2, 0.25) is 0 Å². The first-order chi connectivity index (χ1) is 10.3. The third-order valence-electron chi connectivity index (χ3n) is 4.31. The zero-order valence-corrected chi connectivity index (χ0v) is 15.3. The van der Waals surface area contributed by atoms with E-state index in [9.17, 15) is 0 Å². The molecule has 1 N–H and O–H groups in total. The van der Waals surface area contributed by atoms with Gasteiger partial charge in [-0.1, -0.05) is 15.9 Å². The van der Waals surface area contributed by atoms with Gasteiger partial charge in [-0.15, -0.1) is 12.4 Å². The fourth-order valence-corrected chi connectivity index (χ4v) is 3.55. The minimum Gasteiger partial charge on any atom is -0.486 e. The monoisotopic (exact) mass is 390 g/mol.